The van der Waals surface area contributed by atoms with Gasteiger partial charge in [0.1, 0.15) is 0 Å². The van der Waals surface area contributed by atoms with Gasteiger partial charge < -0.3 is 9.47 Å². The van der Waals surface area contributed by atoms with Crippen LogP contribution in [-0.4, -0.2) is 6.10 Å². The van der Waals surface area contributed by atoms with Crippen LogP contribution in [0.2, 0.25) is 0 Å². The first kappa shape index (κ1) is 13.3. The van der Waals surface area contributed by atoms with Gasteiger partial charge in [-0.3, -0.25) is 0 Å². The number of rotatable bonds is 1. The molecule has 1 saturated heterocycles. The molecule has 3 heteroatoms. The maximum atomic E-state index is 5.57. The van der Waals surface area contributed by atoms with Crippen molar-refractivity contribution in [1.82, 2.24) is 0 Å². The van der Waals surface area contributed by atoms with Gasteiger partial charge in [0.25, 0.3) is 0 Å². The average molecular weight is 280 g/mol. The van der Waals surface area contributed by atoms with Crippen LogP contribution in [0.3, 0.4) is 0 Å². The molecule has 1 aliphatic heterocycles. The standard InChI is InChI=1S/C12H15O2.Y/c1-10-8-12(2,14-9-13-10)11-6-4-3-5-7-11;/h3-7,9-10H,8H2,1-2H3;/q-1;. The number of benzene rings is 1. The van der Waals surface area contributed by atoms with Crippen LogP contribution in [0.25, 0.3) is 0 Å². The van der Waals surface area contributed by atoms with Crippen molar-refractivity contribution in [3.63, 3.8) is 0 Å². The van der Waals surface area contributed by atoms with E-state index in [4.69, 9.17) is 9.47 Å². The Hall–Kier alpha value is 0.244. The molecule has 0 aliphatic carbocycles. The molecule has 1 aromatic rings. The molecule has 2 rings (SSSR count). The van der Waals surface area contributed by atoms with Gasteiger partial charge in [0.05, 0.1) is 5.60 Å². The molecule has 1 aliphatic rings. The van der Waals surface area contributed by atoms with E-state index in [-0.39, 0.29) is 44.4 Å². The predicted molar refractivity (Wildman–Crippen MR) is 54.3 cm³/mol. The minimum atomic E-state index is -0.237. The molecule has 1 aromatic carbocycles. The van der Waals surface area contributed by atoms with Crippen LogP contribution in [0, 0.1) is 6.79 Å². The molecule has 0 aromatic heterocycles. The van der Waals surface area contributed by atoms with Crippen molar-refractivity contribution in [3.05, 3.63) is 42.7 Å². The van der Waals surface area contributed by atoms with E-state index in [1.54, 1.807) is 0 Å². The summed E-state index contributed by atoms with van der Waals surface area (Å²) in [5.74, 6) is 0. The molecule has 79 valence electrons. The van der Waals surface area contributed by atoms with Gasteiger partial charge in [-0.15, -0.1) is 0 Å². The van der Waals surface area contributed by atoms with Crippen LogP contribution >= 0.6 is 0 Å². The van der Waals surface area contributed by atoms with Gasteiger partial charge in [0, 0.05) is 45.2 Å². The number of ether oxygens (including phenoxy) is 2. The molecule has 2 atom stereocenters. The normalized spacial score (nSPS) is 30.7. The zero-order valence-corrected chi connectivity index (χ0v) is 12.0. The summed E-state index contributed by atoms with van der Waals surface area (Å²) in [6.07, 6.45) is 1.10. The van der Waals surface area contributed by atoms with Gasteiger partial charge in [-0.1, -0.05) is 37.1 Å². The van der Waals surface area contributed by atoms with Crippen LogP contribution in [-0.2, 0) is 47.8 Å². The molecule has 2 unspecified atom stereocenters. The van der Waals surface area contributed by atoms with Gasteiger partial charge in [0.2, 0.25) is 0 Å². The Labute approximate surface area is 116 Å². The zero-order chi connectivity index (χ0) is 10.0. The third-order valence-electron chi connectivity index (χ3n) is 2.66. The first-order valence-corrected chi connectivity index (χ1v) is 4.91. The van der Waals surface area contributed by atoms with E-state index in [1.807, 2.05) is 18.2 Å². The third kappa shape index (κ3) is 3.10. The van der Waals surface area contributed by atoms with Gasteiger partial charge in [-0.2, -0.15) is 0 Å². The smallest absolute Gasteiger partial charge is 0.0621 e. The van der Waals surface area contributed by atoms with Gasteiger partial charge in [-0.25, -0.2) is 0 Å². The van der Waals surface area contributed by atoms with Crippen molar-refractivity contribution in [1.29, 1.82) is 0 Å². The molecule has 0 N–H and O–H groups in total. The van der Waals surface area contributed by atoms with E-state index < -0.39 is 0 Å². The fourth-order valence-corrected chi connectivity index (χ4v) is 1.85. The van der Waals surface area contributed by atoms with Crippen LogP contribution < -0.4 is 0 Å². The summed E-state index contributed by atoms with van der Waals surface area (Å²) < 4.78 is 10.8. The Morgan fingerprint density at radius 1 is 1.33 bits per heavy atom. The molecule has 0 saturated carbocycles. The molecular formula is C12H15O2Y-. The van der Waals surface area contributed by atoms with Gasteiger partial charge in [0.15, 0.2) is 0 Å². The molecular weight excluding hydrogens is 265 g/mol. The Morgan fingerprint density at radius 2 is 2.00 bits per heavy atom. The summed E-state index contributed by atoms with van der Waals surface area (Å²) in [5.41, 5.74) is 0.963. The summed E-state index contributed by atoms with van der Waals surface area (Å²) in [5, 5.41) is 0. The number of hydrogen-bond donors (Lipinski definition) is 0. The fraction of sp³-hybridized carbons (Fsp3) is 0.417. The molecule has 1 fully saturated rings. The van der Waals surface area contributed by atoms with E-state index in [0.29, 0.717) is 0 Å². The second-order valence-corrected chi connectivity index (χ2v) is 3.96. The average Bonchev–Trinajstić information content (AvgIpc) is 2.19. The van der Waals surface area contributed by atoms with Crippen LogP contribution in [0.4, 0.5) is 0 Å². The van der Waals surface area contributed by atoms with E-state index in [1.165, 1.54) is 12.4 Å². The molecule has 0 spiro atoms. The maximum Gasteiger partial charge on any atom is 0.0621 e. The second kappa shape index (κ2) is 5.54. The molecule has 1 heterocycles. The van der Waals surface area contributed by atoms with Crippen molar-refractivity contribution in [2.24, 2.45) is 0 Å². The molecule has 1 radical (unpaired) electrons. The maximum absolute atomic E-state index is 5.57. The van der Waals surface area contributed by atoms with Crippen LogP contribution in [0.5, 0.6) is 0 Å². The van der Waals surface area contributed by atoms with E-state index in [9.17, 15) is 0 Å². The quantitative estimate of drug-likeness (QED) is 0.736. The molecule has 0 bridgehead atoms. The summed E-state index contributed by atoms with van der Waals surface area (Å²) in [6, 6.07) is 10.3. The SMILES string of the molecule is CC1CC(C)(c2ccccc2)O[CH-]O1.[Y]. The minimum absolute atomic E-state index is 0. The monoisotopic (exact) mass is 280 g/mol. The van der Waals surface area contributed by atoms with Crippen LogP contribution in [0.1, 0.15) is 25.8 Å². The molecule has 2 nitrogen and oxygen atoms in total. The molecule has 15 heavy (non-hydrogen) atoms. The molecule has 0 amide bonds. The topological polar surface area (TPSA) is 18.5 Å². The Bertz CT molecular complexity index is 302. The van der Waals surface area contributed by atoms with Crippen molar-refractivity contribution in [2.45, 2.75) is 32.0 Å². The third-order valence-corrected chi connectivity index (χ3v) is 2.66. The van der Waals surface area contributed by atoms with Crippen molar-refractivity contribution in [2.75, 3.05) is 0 Å². The zero-order valence-electron chi connectivity index (χ0n) is 9.14. The minimum Gasteiger partial charge on any atom is -0.523 e. The number of hydrogen-bond acceptors (Lipinski definition) is 2. The summed E-state index contributed by atoms with van der Waals surface area (Å²) >= 11 is 0. The summed E-state index contributed by atoms with van der Waals surface area (Å²) in [7, 11) is 0. The van der Waals surface area contributed by atoms with Crippen LogP contribution in [0.15, 0.2) is 30.3 Å². The van der Waals surface area contributed by atoms with Gasteiger partial charge in [-0.05, 0) is 19.4 Å². The summed E-state index contributed by atoms with van der Waals surface area (Å²) in [4.78, 5) is 0. The van der Waals surface area contributed by atoms with E-state index >= 15 is 0 Å². The van der Waals surface area contributed by atoms with E-state index in [0.717, 1.165) is 6.42 Å². The van der Waals surface area contributed by atoms with Gasteiger partial charge >= 0.3 is 0 Å². The largest absolute Gasteiger partial charge is 0.523 e. The predicted octanol–water partition coefficient (Wildman–Crippen LogP) is 2.84. The summed E-state index contributed by atoms with van der Waals surface area (Å²) in [6.45, 7) is 5.61. The van der Waals surface area contributed by atoms with Crippen molar-refractivity contribution < 1.29 is 42.2 Å². The Kier molecular flexibility index (Phi) is 4.91. The van der Waals surface area contributed by atoms with Crippen molar-refractivity contribution >= 4 is 0 Å². The van der Waals surface area contributed by atoms with Crippen molar-refractivity contribution in [3.8, 4) is 0 Å². The van der Waals surface area contributed by atoms with E-state index in [2.05, 4.69) is 26.0 Å². The Balaban J connectivity index is 0.00000112. The fourth-order valence-electron chi connectivity index (χ4n) is 1.85. The first-order chi connectivity index (χ1) is 6.71. The second-order valence-electron chi connectivity index (χ2n) is 3.96. The Morgan fingerprint density at radius 3 is 2.60 bits per heavy atom. The first-order valence-electron chi connectivity index (χ1n) is 4.91.